The fourth-order valence-corrected chi connectivity index (χ4v) is 5.33. The minimum absolute atomic E-state index is 0.0966. The van der Waals surface area contributed by atoms with E-state index in [0.29, 0.717) is 16.5 Å². The first kappa shape index (κ1) is 17.9. The van der Waals surface area contributed by atoms with E-state index in [4.69, 9.17) is 11.6 Å². The van der Waals surface area contributed by atoms with Gasteiger partial charge in [-0.05, 0) is 43.0 Å². The summed E-state index contributed by atoms with van der Waals surface area (Å²) in [6.07, 6.45) is 8.48. The molecule has 26 heavy (non-hydrogen) atoms. The second-order valence-corrected chi connectivity index (χ2v) is 8.99. The lowest BCUT2D eigenvalue weighted by atomic mass is 9.97. The van der Waals surface area contributed by atoms with E-state index in [1.54, 1.807) is 35.6 Å². The van der Waals surface area contributed by atoms with Crippen molar-refractivity contribution in [1.82, 2.24) is 15.1 Å². The van der Waals surface area contributed by atoms with Gasteiger partial charge < -0.3 is 4.90 Å². The molecule has 138 valence electrons. The van der Waals surface area contributed by atoms with Gasteiger partial charge in [0.05, 0.1) is 0 Å². The molecule has 2 heterocycles. The van der Waals surface area contributed by atoms with Crippen LogP contribution in [0.2, 0.25) is 5.02 Å². The Morgan fingerprint density at radius 3 is 2.46 bits per heavy atom. The van der Waals surface area contributed by atoms with Gasteiger partial charge in [0.15, 0.2) is 0 Å². The molecule has 6 heteroatoms. The SMILES string of the molecule is O=C(c1ccc(Cl)cc1)N1CCC(c2nnc(CC3CCCC3)s2)CC1. The Balaban J connectivity index is 1.32. The fraction of sp³-hybridized carbons (Fsp3) is 0.550. The van der Waals surface area contributed by atoms with Crippen molar-refractivity contribution in [2.75, 3.05) is 13.1 Å². The number of nitrogens with zero attached hydrogens (tertiary/aromatic N) is 3. The molecule has 1 aromatic heterocycles. The van der Waals surface area contributed by atoms with Crippen LogP contribution < -0.4 is 0 Å². The first-order chi connectivity index (χ1) is 12.7. The lowest BCUT2D eigenvalue weighted by Gasteiger charge is -2.31. The molecular formula is C20H24ClN3OS. The molecule has 1 aliphatic heterocycles. The molecule has 2 fully saturated rings. The number of amides is 1. The molecule has 1 saturated heterocycles. The van der Waals surface area contributed by atoms with Gasteiger partial charge in [0.25, 0.3) is 5.91 Å². The normalized spacial score (nSPS) is 19.2. The van der Waals surface area contributed by atoms with Crippen molar-refractivity contribution in [2.45, 2.75) is 50.9 Å². The van der Waals surface area contributed by atoms with E-state index in [9.17, 15) is 4.79 Å². The number of aromatic nitrogens is 2. The molecule has 1 amide bonds. The lowest BCUT2D eigenvalue weighted by Crippen LogP contribution is -2.37. The zero-order valence-electron chi connectivity index (χ0n) is 14.9. The van der Waals surface area contributed by atoms with Crippen molar-refractivity contribution >= 4 is 28.8 Å². The number of carbonyl (C=O) groups excluding carboxylic acids is 1. The maximum absolute atomic E-state index is 12.6. The Morgan fingerprint density at radius 2 is 1.77 bits per heavy atom. The number of hydrogen-bond donors (Lipinski definition) is 0. The van der Waals surface area contributed by atoms with Gasteiger partial charge in [-0.1, -0.05) is 37.3 Å². The molecule has 0 N–H and O–H groups in total. The second kappa shape index (κ2) is 8.05. The summed E-state index contributed by atoms with van der Waals surface area (Å²) in [4.78, 5) is 14.6. The number of carbonyl (C=O) groups is 1. The highest BCUT2D eigenvalue weighted by Gasteiger charge is 2.27. The third kappa shape index (κ3) is 4.09. The molecule has 0 unspecified atom stereocenters. The fourth-order valence-electron chi connectivity index (χ4n) is 4.08. The molecule has 1 saturated carbocycles. The molecule has 0 bridgehead atoms. The lowest BCUT2D eigenvalue weighted by molar-refractivity contribution is 0.0713. The molecule has 0 spiro atoms. The second-order valence-electron chi connectivity index (χ2n) is 7.46. The zero-order valence-corrected chi connectivity index (χ0v) is 16.4. The van der Waals surface area contributed by atoms with Crippen molar-refractivity contribution in [2.24, 2.45) is 5.92 Å². The van der Waals surface area contributed by atoms with Gasteiger partial charge in [0.1, 0.15) is 10.0 Å². The van der Waals surface area contributed by atoms with Crippen LogP contribution in [0.15, 0.2) is 24.3 Å². The Hall–Kier alpha value is -1.46. The maximum atomic E-state index is 12.6. The van der Waals surface area contributed by atoms with E-state index in [1.165, 1.54) is 30.7 Å². The summed E-state index contributed by atoms with van der Waals surface area (Å²) in [6.45, 7) is 1.56. The third-order valence-electron chi connectivity index (χ3n) is 5.64. The molecule has 1 aromatic carbocycles. The standard InChI is InChI=1S/C20H24ClN3OS/c21-17-7-5-16(6-8-17)20(25)24-11-9-15(10-12-24)19-23-22-18(26-19)13-14-3-1-2-4-14/h5-8,14-15H,1-4,9-13H2. The van der Waals surface area contributed by atoms with E-state index in [1.807, 2.05) is 4.90 Å². The van der Waals surface area contributed by atoms with Crippen molar-refractivity contribution in [1.29, 1.82) is 0 Å². The van der Waals surface area contributed by atoms with E-state index in [0.717, 1.165) is 43.3 Å². The molecule has 4 nitrogen and oxygen atoms in total. The topological polar surface area (TPSA) is 46.1 Å². The summed E-state index contributed by atoms with van der Waals surface area (Å²) in [6, 6.07) is 7.15. The average molecular weight is 390 g/mol. The first-order valence-corrected chi connectivity index (χ1v) is 10.8. The van der Waals surface area contributed by atoms with Crippen LogP contribution in [0.5, 0.6) is 0 Å². The molecule has 1 aliphatic carbocycles. The van der Waals surface area contributed by atoms with Gasteiger partial charge in [-0.25, -0.2) is 0 Å². The monoisotopic (exact) mass is 389 g/mol. The number of benzene rings is 1. The van der Waals surface area contributed by atoms with Crippen LogP contribution in [0.4, 0.5) is 0 Å². The Kier molecular flexibility index (Phi) is 5.55. The van der Waals surface area contributed by atoms with Crippen LogP contribution in [0.1, 0.15) is 64.8 Å². The summed E-state index contributed by atoms with van der Waals surface area (Å²) >= 11 is 7.70. The summed E-state index contributed by atoms with van der Waals surface area (Å²) in [5.74, 6) is 1.35. The van der Waals surface area contributed by atoms with E-state index >= 15 is 0 Å². The summed E-state index contributed by atoms with van der Waals surface area (Å²) in [7, 11) is 0. The van der Waals surface area contributed by atoms with Crippen LogP contribution in [0.3, 0.4) is 0 Å². The zero-order chi connectivity index (χ0) is 17.9. The Bertz CT molecular complexity index is 747. The van der Waals surface area contributed by atoms with Crippen LogP contribution >= 0.6 is 22.9 Å². The van der Waals surface area contributed by atoms with Crippen LogP contribution in [0, 0.1) is 5.92 Å². The van der Waals surface area contributed by atoms with Crippen LogP contribution in [0.25, 0.3) is 0 Å². The van der Waals surface area contributed by atoms with Crippen LogP contribution in [-0.2, 0) is 6.42 Å². The number of piperidine rings is 1. The average Bonchev–Trinajstić information content (AvgIpc) is 3.35. The Morgan fingerprint density at radius 1 is 1.08 bits per heavy atom. The summed E-state index contributed by atoms with van der Waals surface area (Å²) in [5.41, 5.74) is 0.711. The highest BCUT2D eigenvalue weighted by molar-refractivity contribution is 7.11. The minimum atomic E-state index is 0.0966. The molecule has 0 atom stereocenters. The van der Waals surface area contributed by atoms with Crippen molar-refractivity contribution in [3.8, 4) is 0 Å². The number of halogens is 1. The predicted octanol–water partition coefficient (Wildman–Crippen LogP) is 4.94. The third-order valence-corrected chi connectivity index (χ3v) is 7.00. The van der Waals surface area contributed by atoms with Gasteiger partial charge in [-0.2, -0.15) is 0 Å². The molecular weight excluding hydrogens is 366 g/mol. The van der Waals surface area contributed by atoms with E-state index < -0.39 is 0 Å². The molecule has 2 aromatic rings. The van der Waals surface area contributed by atoms with Gasteiger partial charge >= 0.3 is 0 Å². The molecule has 4 rings (SSSR count). The molecule has 0 radical (unpaired) electrons. The van der Waals surface area contributed by atoms with Crippen LogP contribution in [-0.4, -0.2) is 34.1 Å². The molecule has 2 aliphatic rings. The number of likely N-dealkylation sites (tertiary alicyclic amines) is 1. The predicted molar refractivity (Wildman–Crippen MR) is 105 cm³/mol. The largest absolute Gasteiger partial charge is 0.339 e. The first-order valence-electron chi connectivity index (χ1n) is 9.56. The quantitative estimate of drug-likeness (QED) is 0.743. The van der Waals surface area contributed by atoms with Gasteiger partial charge in [-0.3, -0.25) is 4.79 Å². The van der Waals surface area contributed by atoms with Crippen molar-refractivity contribution in [3.63, 3.8) is 0 Å². The smallest absolute Gasteiger partial charge is 0.253 e. The maximum Gasteiger partial charge on any atom is 0.253 e. The highest BCUT2D eigenvalue weighted by Crippen LogP contribution is 2.33. The van der Waals surface area contributed by atoms with E-state index in [-0.39, 0.29) is 5.91 Å². The van der Waals surface area contributed by atoms with E-state index in [2.05, 4.69) is 10.2 Å². The summed E-state index contributed by atoms with van der Waals surface area (Å²) < 4.78 is 0. The minimum Gasteiger partial charge on any atom is -0.339 e. The van der Waals surface area contributed by atoms with Gasteiger partial charge in [-0.15, -0.1) is 21.5 Å². The number of hydrogen-bond acceptors (Lipinski definition) is 4. The Labute approximate surface area is 163 Å². The van der Waals surface area contributed by atoms with Crippen molar-refractivity contribution in [3.05, 3.63) is 44.9 Å². The van der Waals surface area contributed by atoms with Crippen molar-refractivity contribution < 1.29 is 4.79 Å². The van der Waals surface area contributed by atoms with Gasteiger partial charge in [0.2, 0.25) is 0 Å². The highest BCUT2D eigenvalue weighted by atomic mass is 35.5. The summed E-state index contributed by atoms with van der Waals surface area (Å²) in [5, 5.41) is 11.9. The van der Waals surface area contributed by atoms with Gasteiger partial charge in [0, 0.05) is 36.0 Å². The number of rotatable bonds is 4.